The van der Waals surface area contributed by atoms with Gasteiger partial charge in [0.1, 0.15) is 5.75 Å². The van der Waals surface area contributed by atoms with E-state index in [-0.39, 0.29) is 0 Å². The van der Waals surface area contributed by atoms with Crippen molar-refractivity contribution < 1.29 is 4.74 Å². The summed E-state index contributed by atoms with van der Waals surface area (Å²) in [4.78, 5) is 0. The average molecular weight is 226 g/mol. The first-order valence-electron chi connectivity index (χ1n) is 5.44. The molecule has 0 amide bonds. The molecule has 0 radical (unpaired) electrons. The maximum Gasteiger partial charge on any atom is 0.137 e. The van der Waals surface area contributed by atoms with Crippen LogP contribution in [0.2, 0.25) is 5.02 Å². The first kappa shape index (κ1) is 10.8. The van der Waals surface area contributed by atoms with Gasteiger partial charge in [0, 0.05) is 12.5 Å². The van der Waals surface area contributed by atoms with Crippen molar-refractivity contribution in [3.63, 3.8) is 0 Å². The SMILES string of the molecule is Clc1ccccc1OC[C@H]1CCCNC1. The highest BCUT2D eigenvalue weighted by molar-refractivity contribution is 6.32. The minimum atomic E-state index is 0.620. The van der Waals surface area contributed by atoms with Crippen LogP contribution < -0.4 is 10.1 Å². The van der Waals surface area contributed by atoms with Crippen molar-refractivity contribution in [1.82, 2.24) is 5.32 Å². The largest absolute Gasteiger partial charge is 0.492 e. The zero-order chi connectivity index (χ0) is 10.5. The molecule has 2 rings (SSSR count). The molecule has 1 aromatic carbocycles. The molecular formula is C12H16ClNO. The molecule has 0 aromatic heterocycles. The van der Waals surface area contributed by atoms with E-state index in [9.17, 15) is 0 Å². The smallest absolute Gasteiger partial charge is 0.137 e. The van der Waals surface area contributed by atoms with E-state index in [0.717, 1.165) is 25.4 Å². The summed E-state index contributed by atoms with van der Waals surface area (Å²) < 4.78 is 5.70. The number of benzene rings is 1. The van der Waals surface area contributed by atoms with Crippen LogP contribution in [0.15, 0.2) is 24.3 Å². The normalized spacial score (nSPS) is 21.3. The molecule has 0 saturated carbocycles. The minimum absolute atomic E-state index is 0.620. The maximum absolute atomic E-state index is 6.00. The van der Waals surface area contributed by atoms with Crippen LogP contribution in [0, 0.1) is 5.92 Å². The molecule has 0 aliphatic carbocycles. The van der Waals surface area contributed by atoms with E-state index in [1.165, 1.54) is 12.8 Å². The van der Waals surface area contributed by atoms with Gasteiger partial charge in [-0.3, -0.25) is 0 Å². The van der Waals surface area contributed by atoms with Gasteiger partial charge in [-0.2, -0.15) is 0 Å². The summed E-state index contributed by atoms with van der Waals surface area (Å²) >= 11 is 6.00. The number of piperidine rings is 1. The Balaban J connectivity index is 1.84. The van der Waals surface area contributed by atoms with Gasteiger partial charge < -0.3 is 10.1 Å². The molecule has 0 bridgehead atoms. The van der Waals surface area contributed by atoms with Crippen molar-refractivity contribution in [3.05, 3.63) is 29.3 Å². The minimum Gasteiger partial charge on any atom is -0.492 e. The number of para-hydroxylation sites is 1. The van der Waals surface area contributed by atoms with Crippen molar-refractivity contribution >= 4 is 11.6 Å². The molecule has 0 spiro atoms. The van der Waals surface area contributed by atoms with Gasteiger partial charge in [-0.25, -0.2) is 0 Å². The molecule has 1 aliphatic rings. The Morgan fingerprint density at radius 3 is 3.00 bits per heavy atom. The summed E-state index contributed by atoms with van der Waals surface area (Å²) in [7, 11) is 0. The van der Waals surface area contributed by atoms with E-state index in [0.29, 0.717) is 10.9 Å². The first-order valence-corrected chi connectivity index (χ1v) is 5.82. The molecule has 1 aliphatic heterocycles. The number of nitrogens with one attached hydrogen (secondary N) is 1. The highest BCUT2D eigenvalue weighted by Crippen LogP contribution is 2.24. The topological polar surface area (TPSA) is 21.3 Å². The fourth-order valence-corrected chi connectivity index (χ4v) is 2.03. The monoisotopic (exact) mass is 225 g/mol. The van der Waals surface area contributed by atoms with Gasteiger partial charge in [-0.15, -0.1) is 0 Å². The predicted octanol–water partition coefficient (Wildman–Crippen LogP) is 2.72. The number of ether oxygens (including phenoxy) is 1. The van der Waals surface area contributed by atoms with E-state index in [4.69, 9.17) is 16.3 Å². The Morgan fingerprint density at radius 2 is 2.27 bits per heavy atom. The average Bonchev–Trinajstić information content (AvgIpc) is 2.29. The highest BCUT2D eigenvalue weighted by Gasteiger charge is 2.13. The summed E-state index contributed by atoms with van der Waals surface area (Å²) in [6, 6.07) is 7.63. The summed E-state index contributed by atoms with van der Waals surface area (Å²) in [6.45, 7) is 2.96. The number of hydrogen-bond donors (Lipinski definition) is 1. The fraction of sp³-hybridized carbons (Fsp3) is 0.500. The Morgan fingerprint density at radius 1 is 1.40 bits per heavy atom. The number of halogens is 1. The molecule has 1 atom stereocenters. The van der Waals surface area contributed by atoms with E-state index in [1.54, 1.807) is 0 Å². The lowest BCUT2D eigenvalue weighted by Gasteiger charge is -2.22. The molecule has 15 heavy (non-hydrogen) atoms. The summed E-state index contributed by atoms with van der Waals surface area (Å²) in [6.07, 6.45) is 2.49. The van der Waals surface area contributed by atoms with Crippen molar-refractivity contribution in [1.29, 1.82) is 0 Å². The molecule has 1 N–H and O–H groups in total. The Hall–Kier alpha value is -0.730. The third kappa shape index (κ3) is 3.11. The second kappa shape index (κ2) is 5.38. The molecule has 1 heterocycles. The lowest BCUT2D eigenvalue weighted by molar-refractivity contribution is 0.218. The van der Waals surface area contributed by atoms with Crippen molar-refractivity contribution in [2.24, 2.45) is 5.92 Å². The summed E-state index contributed by atoms with van der Waals surface area (Å²) in [5.74, 6) is 1.42. The molecule has 3 heteroatoms. The molecule has 0 unspecified atom stereocenters. The summed E-state index contributed by atoms with van der Waals surface area (Å²) in [5, 5.41) is 4.07. The Kier molecular flexibility index (Phi) is 3.87. The van der Waals surface area contributed by atoms with E-state index < -0.39 is 0 Å². The predicted molar refractivity (Wildman–Crippen MR) is 62.5 cm³/mol. The molecule has 2 nitrogen and oxygen atoms in total. The van der Waals surface area contributed by atoms with Crippen LogP contribution in [-0.2, 0) is 0 Å². The maximum atomic E-state index is 6.00. The summed E-state index contributed by atoms with van der Waals surface area (Å²) in [5.41, 5.74) is 0. The lowest BCUT2D eigenvalue weighted by Crippen LogP contribution is -2.33. The molecule has 1 fully saturated rings. The first-order chi connectivity index (χ1) is 7.36. The quantitative estimate of drug-likeness (QED) is 0.854. The molecular weight excluding hydrogens is 210 g/mol. The van der Waals surface area contributed by atoms with E-state index in [2.05, 4.69) is 5.32 Å². The fourth-order valence-electron chi connectivity index (χ4n) is 1.84. The van der Waals surface area contributed by atoms with Crippen molar-refractivity contribution in [2.45, 2.75) is 12.8 Å². The zero-order valence-electron chi connectivity index (χ0n) is 8.71. The van der Waals surface area contributed by atoms with E-state index in [1.807, 2.05) is 24.3 Å². The van der Waals surface area contributed by atoms with Gasteiger partial charge in [0.05, 0.1) is 11.6 Å². The Bertz CT molecular complexity index is 310. The van der Waals surface area contributed by atoms with Crippen molar-refractivity contribution in [3.8, 4) is 5.75 Å². The molecule has 1 aromatic rings. The second-order valence-electron chi connectivity index (χ2n) is 3.95. The number of hydrogen-bond acceptors (Lipinski definition) is 2. The van der Waals surface area contributed by atoms with Crippen LogP contribution in [0.5, 0.6) is 5.75 Å². The van der Waals surface area contributed by atoms with Gasteiger partial charge in [0.15, 0.2) is 0 Å². The third-order valence-corrected chi connectivity index (χ3v) is 3.02. The van der Waals surface area contributed by atoms with Gasteiger partial charge in [-0.05, 0) is 31.5 Å². The lowest BCUT2D eigenvalue weighted by atomic mass is 10.0. The highest BCUT2D eigenvalue weighted by atomic mass is 35.5. The van der Waals surface area contributed by atoms with Gasteiger partial charge in [0.2, 0.25) is 0 Å². The van der Waals surface area contributed by atoms with Crippen LogP contribution in [-0.4, -0.2) is 19.7 Å². The van der Waals surface area contributed by atoms with Gasteiger partial charge in [-0.1, -0.05) is 23.7 Å². The van der Waals surface area contributed by atoms with Crippen LogP contribution in [0.4, 0.5) is 0 Å². The second-order valence-corrected chi connectivity index (χ2v) is 4.36. The number of rotatable bonds is 3. The van der Waals surface area contributed by atoms with Crippen molar-refractivity contribution in [2.75, 3.05) is 19.7 Å². The van der Waals surface area contributed by atoms with Crippen LogP contribution in [0.3, 0.4) is 0 Å². The zero-order valence-corrected chi connectivity index (χ0v) is 9.46. The standard InChI is InChI=1S/C12H16ClNO/c13-11-5-1-2-6-12(11)15-9-10-4-3-7-14-8-10/h1-2,5-6,10,14H,3-4,7-9H2/t10-/m0/s1. The van der Waals surface area contributed by atoms with Crippen LogP contribution >= 0.6 is 11.6 Å². The van der Waals surface area contributed by atoms with Crippen LogP contribution in [0.25, 0.3) is 0 Å². The molecule has 1 saturated heterocycles. The Labute approximate surface area is 95.6 Å². The van der Waals surface area contributed by atoms with E-state index >= 15 is 0 Å². The molecule has 82 valence electrons. The van der Waals surface area contributed by atoms with Gasteiger partial charge in [0.25, 0.3) is 0 Å². The van der Waals surface area contributed by atoms with Gasteiger partial charge >= 0.3 is 0 Å². The van der Waals surface area contributed by atoms with Crippen LogP contribution in [0.1, 0.15) is 12.8 Å². The third-order valence-electron chi connectivity index (χ3n) is 2.71.